The van der Waals surface area contributed by atoms with Gasteiger partial charge in [-0.3, -0.25) is 0 Å². The summed E-state index contributed by atoms with van der Waals surface area (Å²) in [4.78, 5) is 0.263. The van der Waals surface area contributed by atoms with Gasteiger partial charge in [0.05, 0.1) is 4.90 Å². The van der Waals surface area contributed by atoms with Crippen LogP contribution in [-0.4, -0.2) is 21.5 Å². The predicted molar refractivity (Wildman–Crippen MR) is 83.8 cm³/mol. The van der Waals surface area contributed by atoms with E-state index in [2.05, 4.69) is 10.0 Å². The number of halogens is 1. The van der Waals surface area contributed by atoms with Gasteiger partial charge in [-0.2, -0.15) is 0 Å². The first-order valence-corrected chi connectivity index (χ1v) is 9.33. The lowest BCUT2D eigenvalue weighted by Crippen LogP contribution is -2.38. The van der Waals surface area contributed by atoms with Crippen molar-refractivity contribution in [1.29, 1.82) is 0 Å². The molecule has 4 nitrogen and oxygen atoms in total. The van der Waals surface area contributed by atoms with Gasteiger partial charge >= 0.3 is 0 Å². The molecule has 2 fully saturated rings. The highest BCUT2D eigenvalue weighted by molar-refractivity contribution is 7.89. The molecule has 0 aromatic heterocycles. The van der Waals surface area contributed by atoms with Gasteiger partial charge in [0, 0.05) is 17.6 Å². The maximum atomic E-state index is 12.5. The average Bonchev–Trinajstić information content (AvgIpc) is 3.30. The van der Waals surface area contributed by atoms with Crippen LogP contribution in [0.25, 0.3) is 0 Å². The van der Waals surface area contributed by atoms with E-state index in [1.165, 1.54) is 0 Å². The maximum absolute atomic E-state index is 12.5. The number of benzene rings is 1. The molecule has 0 saturated heterocycles. The van der Waals surface area contributed by atoms with Gasteiger partial charge in [0.15, 0.2) is 0 Å². The van der Waals surface area contributed by atoms with Crippen molar-refractivity contribution in [1.82, 2.24) is 10.0 Å². The number of rotatable bonds is 7. The topological polar surface area (TPSA) is 58.2 Å². The van der Waals surface area contributed by atoms with Gasteiger partial charge in [-0.15, -0.1) is 0 Å². The zero-order chi connectivity index (χ0) is 15.0. The molecule has 0 amide bonds. The third-order valence-electron chi connectivity index (χ3n) is 4.25. The summed E-state index contributed by atoms with van der Waals surface area (Å²) in [6, 6.07) is 5.08. The summed E-state index contributed by atoms with van der Waals surface area (Å²) in [5.74, 6) is 1.07. The van der Waals surface area contributed by atoms with Gasteiger partial charge in [-0.25, -0.2) is 13.1 Å². The van der Waals surface area contributed by atoms with Gasteiger partial charge in [0.1, 0.15) is 0 Å². The van der Waals surface area contributed by atoms with Gasteiger partial charge < -0.3 is 5.32 Å². The van der Waals surface area contributed by atoms with Crippen molar-refractivity contribution >= 4 is 21.6 Å². The Balaban J connectivity index is 1.78. The van der Waals surface area contributed by atoms with Crippen molar-refractivity contribution in [3.05, 3.63) is 28.8 Å². The fourth-order valence-corrected chi connectivity index (χ4v) is 4.48. The zero-order valence-electron chi connectivity index (χ0n) is 12.1. The summed E-state index contributed by atoms with van der Waals surface area (Å²) >= 11 is 6.17. The van der Waals surface area contributed by atoms with Crippen LogP contribution in [0.5, 0.6) is 0 Å². The Morgan fingerprint density at radius 2 is 1.86 bits per heavy atom. The lowest BCUT2D eigenvalue weighted by molar-refractivity contribution is 0.471. The second kappa shape index (κ2) is 5.88. The van der Waals surface area contributed by atoms with E-state index in [0.29, 0.717) is 23.4 Å². The van der Waals surface area contributed by atoms with E-state index in [9.17, 15) is 8.42 Å². The summed E-state index contributed by atoms with van der Waals surface area (Å²) in [5.41, 5.74) is 0.902. The van der Waals surface area contributed by atoms with Crippen molar-refractivity contribution in [2.24, 2.45) is 11.8 Å². The standard InChI is InChI=1S/C15H21ClN2O2S/c1-17-9-12-6-7-13(8-14(12)16)21(19,20)18-15(10-2-3-10)11-4-5-11/h6-8,10-11,15,17-18H,2-5,9H2,1H3. The largest absolute Gasteiger partial charge is 0.316 e. The predicted octanol–water partition coefficient (Wildman–Crippen LogP) is 2.53. The second-order valence-corrected chi connectivity index (χ2v) is 8.23. The number of hydrogen-bond acceptors (Lipinski definition) is 3. The highest BCUT2D eigenvalue weighted by atomic mass is 35.5. The molecule has 0 unspecified atom stereocenters. The molecule has 0 spiro atoms. The molecule has 0 atom stereocenters. The van der Waals surface area contributed by atoms with E-state index < -0.39 is 10.0 Å². The number of hydrogen-bond donors (Lipinski definition) is 2. The molecule has 0 aliphatic heterocycles. The van der Waals surface area contributed by atoms with Crippen LogP contribution in [0.1, 0.15) is 31.2 Å². The smallest absolute Gasteiger partial charge is 0.240 e. The highest BCUT2D eigenvalue weighted by Crippen LogP contribution is 2.45. The van der Waals surface area contributed by atoms with E-state index in [4.69, 9.17) is 11.6 Å². The Morgan fingerprint density at radius 1 is 1.24 bits per heavy atom. The van der Waals surface area contributed by atoms with Crippen LogP contribution in [-0.2, 0) is 16.6 Å². The molecule has 1 aromatic rings. The molecule has 2 aliphatic rings. The van der Waals surface area contributed by atoms with Crippen LogP contribution in [0.2, 0.25) is 5.02 Å². The first-order chi connectivity index (χ1) is 10.0. The Hall–Kier alpha value is -0.620. The van der Waals surface area contributed by atoms with Gasteiger partial charge in [-0.1, -0.05) is 17.7 Å². The third kappa shape index (κ3) is 3.59. The summed E-state index contributed by atoms with van der Waals surface area (Å²) in [5, 5.41) is 3.50. The van der Waals surface area contributed by atoms with E-state index >= 15 is 0 Å². The van der Waals surface area contributed by atoms with Crippen molar-refractivity contribution in [3.8, 4) is 0 Å². The fourth-order valence-electron chi connectivity index (χ4n) is 2.76. The first kappa shape index (κ1) is 15.3. The van der Waals surface area contributed by atoms with Crippen molar-refractivity contribution in [2.75, 3.05) is 7.05 Å². The molecule has 2 aliphatic carbocycles. The van der Waals surface area contributed by atoms with Crippen LogP contribution < -0.4 is 10.0 Å². The number of sulfonamides is 1. The van der Waals surface area contributed by atoms with Crippen LogP contribution >= 0.6 is 11.6 Å². The normalized spacial score (nSPS) is 19.2. The Bertz CT molecular complexity index is 613. The molecule has 2 saturated carbocycles. The molecule has 116 valence electrons. The molecule has 0 heterocycles. The monoisotopic (exact) mass is 328 g/mol. The van der Waals surface area contributed by atoms with E-state index in [1.54, 1.807) is 18.2 Å². The Labute approximate surface area is 131 Å². The second-order valence-electron chi connectivity index (χ2n) is 6.11. The average molecular weight is 329 g/mol. The molecule has 3 rings (SSSR count). The molecule has 1 aromatic carbocycles. The summed E-state index contributed by atoms with van der Waals surface area (Å²) in [6.07, 6.45) is 4.58. The molecule has 2 N–H and O–H groups in total. The van der Waals surface area contributed by atoms with Crippen LogP contribution in [0.4, 0.5) is 0 Å². The van der Waals surface area contributed by atoms with E-state index in [1.807, 2.05) is 7.05 Å². The molecule has 0 radical (unpaired) electrons. The van der Waals surface area contributed by atoms with Gasteiger partial charge in [0.2, 0.25) is 10.0 Å². The number of nitrogens with one attached hydrogen (secondary N) is 2. The Kier molecular flexibility index (Phi) is 4.28. The molecule has 6 heteroatoms. The van der Waals surface area contributed by atoms with Crippen molar-refractivity contribution < 1.29 is 8.42 Å². The van der Waals surface area contributed by atoms with Gasteiger partial charge in [0.25, 0.3) is 0 Å². The SMILES string of the molecule is CNCc1ccc(S(=O)(=O)NC(C2CC2)C2CC2)cc1Cl. The van der Waals surface area contributed by atoms with E-state index in [0.717, 1.165) is 31.2 Å². The minimum absolute atomic E-state index is 0.116. The fraction of sp³-hybridized carbons (Fsp3) is 0.600. The van der Waals surface area contributed by atoms with Crippen molar-refractivity contribution in [2.45, 2.75) is 43.2 Å². The molecule has 21 heavy (non-hydrogen) atoms. The van der Waals surface area contributed by atoms with Crippen LogP contribution in [0, 0.1) is 11.8 Å². The minimum Gasteiger partial charge on any atom is -0.316 e. The third-order valence-corrected chi connectivity index (χ3v) is 6.06. The summed E-state index contributed by atoms with van der Waals surface area (Å²) < 4.78 is 28.0. The summed E-state index contributed by atoms with van der Waals surface area (Å²) in [7, 11) is -1.65. The maximum Gasteiger partial charge on any atom is 0.240 e. The quantitative estimate of drug-likeness (QED) is 0.808. The molecule has 0 bridgehead atoms. The summed E-state index contributed by atoms with van der Waals surface area (Å²) in [6.45, 7) is 0.624. The highest BCUT2D eigenvalue weighted by Gasteiger charge is 2.43. The lowest BCUT2D eigenvalue weighted by atomic mass is 10.1. The minimum atomic E-state index is -3.48. The molecular weight excluding hydrogens is 308 g/mol. The van der Waals surface area contributed by atoms with Crippen molar-refractivity contribution in [3.63, 3.8) is 0 Å². The zero-order valence-corrected chi connectivity index (χ0v) is 13.7. The van der Waals surface area contributed by atoms with Crippen LogP contribution in [0.15, 0.2) is 23.1 Å². The lowest BCUT2D eigenvalue weighted by Gasteiger charge is -2.18. The Morgan fingerprint density at radius 3 is 2.33 bits per heavy atom. The first-order valence-electron chi connectivity index (χ1n) is 7.46. The van der Waals surface area contributed by atoms with E-state index in [-0.39, 0.29) is 10.9 Å². The van der Waals surface area contributed by atoms with Gasteiger partial charge in [-0.05, 0) is 62.3 Å². The van der Waals surface area contributed by atoms with Crippen LogP contribution in [0.3, 0.4) is 0 Å². The molecular formula is C15H21ClN2O2S.